The number of para-hydroxylation sites is 1. The van der Waals surface area contributed by atoms with E-state index in [0.717, 1.165) is 16.8 Å². The van der Waals surface area contributed by atoms with Gasteiger partial charge in [0.15, 0.2) is 0 Å². The summed E-state index contributed by atoms with van der Waals surface area (Å²) in [5.41, 5.74) is 4.47. The predicted octanol–water partition coefficient (Wildman–Crippen LogP) is 3.25. The normalized spacial score (nSPS) is 11.5. The molecule has 3 rings (SSSR count). The van der Waals surface area contributed by atoms with Gasteiger partial charge in [-0.2, -0.15) is 0 Å². The topological polar surface area (TPSA) is 38.0 Å². The first-order chi connectivity index (χ1) is 9.83. The summed E-state index contributed by atoms with van der Waals surface area (Å²) < 4.78 is 2.17. The number of fused-ring (bicyclic) bond motifs is 1. The lowest BCUT2D eigenvalue weighted by Crippen LogP contribution is -1.92. The maximum atomic E-state index is 9.06. The van der Waals surface area contributed by atoms with E-state index in [0.29, 0.717) is 0 Å². The van der Waals surface area contributed by atoms with Crippen molar-refractivity contribution in [3.8, 4) is 11.3 Å². The molecule has 0 bridgehead atoms. The van der Waals surface area contributed by atoms with Gasteiger partial charge in [0.05, 0.1) is 12.3 Å². The summed E-state index contributed by atoms with van der Waals surface area (Å²) in [6.45, 7) is 0.0374. The lowest BCUT2D eigenvalue weighted by Gasteiger charge is -2.05. The van der Waals surface area contributed by atoms with E-state index in [1.807, 2.05) is 30.5 Å². The molecule has 2 heterocycles. The molecule has 0 amide bonds. The number of aromatic nitrogens is 2. The highest BCUT2D eigenvalue weighted by atomic mass is 16.2. The minimum absolute atomic E-state index is 0.0374. The molecule has 0 aliphatic heterocycles. The molecule has 0 spiro atoms. The summed E-state index contributed by atoms with van der Waals surface area (Å²) in [4.78, 5) is 4.21. The van der Waals surface area contributed by atoms with Gasteiger partial charge in [-0.3, -0.25) is 4.98 Å². The van der Waals surface area contributed by atoms with E-state index < -0.39 is 0 Å². The Hall–Kier alpha value is -2.39. The fraction of sp³-hybridized carbons (Fsp3) is 0.118. The molecule has 1 N–H and O–H groups in total. The molecule has 0 atom stereocenters. The lowest BCUT2D eigenvalue weighted by molar-refractivity contribution is 0.343. The Labute approximate surface area is 117 Å². The number of hydrogen-bond acceptors (Lipinski definition) is 2. The van der Waals surface area contributed by atoms with Crippen LogP contribution in [0, 0.1) is 0 Å². The SMILES string of the molecule is Cn1c(-c2cccnc2)c(C=CCO)c2ccccc21. The molecule has 0 saturated heterocycles. The van der Waals surface area contributed by atoms with E-state index in [4.69, 9.17) is 5.11 Å². The molecule has 1 aromatic carbocycles. The Morgan fingerprint density at radius 3 is 2.80 bits per heavy atom. The number of nitrogens with zero attached hydrogens (tertiary/aromatic N) is 2. The first-order valence-corrected chi connectivity index (χ1v) is 6.58. The van der Waals surface area contributed by atoms with Gasteiger partial charge in [-0.25, -0.2) is 0 Å². The van der Waals surface area contributed by atoms with Gasteiger partial charge in [-0.1, -0.05) is 30.4 Å². The summed E-state index contributed by atoms with van der Waals surface area (Å²) in [6.07, 6.45) is 7.38. The molecule has 0 unspecified atom stereocenters. The third-order valence-corrected chi connectivity index (χ3v) is 3.47. The van der Waals surface area contributed by atoms with Crippen molar-refractivity contribution < 1.29 is 5.11 Å². The Bertz CT molecular complexity index is 757. The van der Waals surface area contributed by atoms with Crippen molar-refractivity contribution in [1.82, 2.24) is 9.55 Å². The zero-order valence-electron chi connectivity index (χ0n) is 11.3. The summed E-state index contributed by atoms with van der Waals surface area (Å²) >= 11 is 0. The summed E-state index contributed by atoms with van der Waals surface area (Å²) in [6, 6.07) is 12.3. The minimum Gasteiger partial charge on any atom is -0.392 e. The lowest BCUT2D eigenvalue weighted by atomic mass is 10.1. The van der Waals surface area contributed by atoms with Crippen molar-refractivity contribution in [2.75, 3.05) is 6.61 Å². The van der Waals surface area contributed by atoms with Gasteiger partial charge < -0.3 is 9.67 Å². The van der Waals surface area contributed by atoms with Crippen LogP contribution < -0.4 is 0 Å². The highest BCUT2D eigenvalue weighted by Gasteiger charge is 2.14. The first kappa shape index (κ1) is 12.6. The van der Waals surface area contributed by atoms with Crippen LogP contribution in [0.5, 0.6) is 0 Å². The maximum absolute atomic E-state index is 9.06. The smallest absolute Gasteiger partial charge is 0.0615 e. The van der Waals surface area contributed by atoms with Crippen LogP contribution in [0.25, 0.3) is 28.2 Å². The van der Waals surface area contributed by atoms with E-state index in [1.165, 1.54) is 10.9 Å². The van der Waals surface area contributed by atoms with Crippen LogP contribution in [0.2, 0.25) is 0 Å². The van der Waals surface area contributed by atoms with Crippen LogP contribution in [0.3, 0.4) is 0 Å². The summed E-state index contributed by atoms with van der Waals surface area (Å²) in [5.74, 6) is 0. The third kappa shape index (κ3) is 2.02. The van der Waals surface area contributed by atoms with E-state index in [9.17, 15) is 0 Å². The number of aryl methyl sites for hydroxylation is 1. The number of rotatable bonds is 3. The molecule has 3 heteroatoms. The van der Waals surface area contributed by atoms with Crippen molar-refractivity contribution in [2.24, 2.45) is 7.05 Å². The molecule has 2 aromatic heterocycles. The Balaban J connectivity index is 2.35. The molecule has 0 saturated carbocycles. The van der Waals surface area contributed by atoms with Crippen molar-refractivity contribution in [1.29, 1.82) is 0 Å². The number of aliphatic hydroxyl groups is 1. The molecular weight excluding hydrogens is 248 g/mol. The third-order valence-electron chi connectivity index (χ3n) is 3.47. The average molecular weight is 264 g/mol. The Kier molecular flexibility index (Phi) is 3.35. The number of pyridine rings is 1. The molecule has 3 nitrogen and oxygen atoms in total. The largest absolute Gasteiger partial charge is 0.392 e. The predicted molar refractivity (Wildman–Crippen MR) is 82.3 cm³/mol. The second-order valence-electron chi connectivity index (χ2n) is 4.67. The van der Waals surface area contributed by atoms with Crippen molar-refractivity contribution >= 4 is 17.0 Å². The van der Waals surface area contributed by atoms with E-state index in [-0.39, 0.29) is 6.61 Å². The number of hydrogen-bond donors (Lipinski definition) is 1. The maximum Gasteiger partial charge on any atom is 0.0615 e. The van der Waals surface area contributed by atoms with E-state index in [2.05, 4.69) is 34.8 Å². The van der Waals surface area contributed by atoms with Crippen molar-refractivity contribution in [2.45, 2.75) is 0 Å². The van der Waals surface area contributed by atoms with Crippen LogP contribution in [0.1, 0.15) is 5.56 Å². The van der Waals surface area contributed by atoms with Crippen LogP contribution in [0.4, 0.5) is 0 Å². The highest BCUT2D eigenvalue weighted by molar-refractivity contribution is 5.97. The summed E-state index contributed by atoms with van der Waals surface area (Å²) in [7, 11) is 2.06. The van der Waals surface area contributed by atoms with Crippen molar-refractivity contribution in [3.05, 3.63) is 60.4 Å². The van der Waals surface area contributed by atoms with Gasteiger partial charge in [-0.15, -0.1) is 0 Å². The van der Waals surface area contributed by atoms with Crippen LogP contribution >= 0.6 is 0 Å². The molecule has 20 heavy (non-hydrogen) atoms. The van der Waals surface area contributed by atoms with Gasteiger partial charge in [0.1, 0.15) is 0 Å². The molecular formula is C17H16N2O. The van der Waals surface area contributed by atoms with Crippen LogP contribution in [-0.4, -0.2) is 21.3 Å². The fourth-order valence-electron chi connectivity index (χ4n) is 2.61. The van der Waals surface area contributed by atoms with E-state index >= 15 is 0 Å². The van der Waals surface area contributed by atoms with E-state index in [1.54, 1.807) is 12.3 Å². The van der Waals surface area contributed by atoms with Gasteiger partial charge in [-0.05, 0) is 18.2 Å². The molecule has 100 valence electrons. The molecule has 0 radical (unpaired) electrons. The zero-order valence-corrected chi connectivity index (χ0v) is 11.3. The number of benzene rings is 1. The fourth-order valence-corrected chi connectivity index (χ4v) is 2.61. The van der Waals surface area contributed by atoms with Gasteiger partial charge in [0.2, 0.25) is 0 Å². The molecule has 0 aliphatic rings. The summed E-state index contributed by atoms with van der Waals surface area (Å²) in [5, 5.41) is 10.2. The quantitative estimate of drug-likeness (QED) is 0.788. The molecule has 3 aromatic rings. The first-order valence-electron chi connectivity index (χ1n) is 6.58. The molecule has 0 fully saturated rings. The Morgan fingerprint density at radius 2 is 2.05 bits per heavy atom. The highest BCUT2D eigenvalue weighted by Crippen LogP contribution is 2.33. The standard InChI is InChI=1S/C17H16N2O/c1-19-16-9-3-2-7-14(16)15(8-5-11-20)17(19)13-6-4-10-18-12-13/h2-10,12,20H,11H2,1H3. The van der Waals surface area contributed by atoms with Gasteiger partial charge >= 0.3 is 0 Å². The van der Waals surface area contributed by atoms with Crippen LogP contribution in [-0.2, 0) is 7.05 Å². The van der Waals surface area contributed by atoms with Gasteiger partial charge in [0, 0.05) is 41.5 Å². The zero-order chi connectivity index (χ0) is 13.9. The molecule has 0 aliphatic carbocycles. The Morgan fingerprint density at radius 1 is 1.20 bits per heavy atom. The second-order valence-corrected chi connectivity index (χ2v) is 4.67. The average Bonchev–Trinajstić information content (AvgIpc) is 2.79. The van der Waals surface area contributed by atoms with Crippen molar-refractivity contribution in [3.63, 3.8) is 0 Å². The monoisotopic (exact) mass is 264 g/mol. The number of aliphatic hydroxyl groups excluding tert-OH is 1. The second kappa shape index (κ2) is 5.31. The minimum atomic E-state index is 0.0374. The van der Waals surface area contributed by atoms with Crippen LogP contribution in [0.15, 0.2) is 54.9 Å². The van der Waals surface area contributed by atoms with Gasteiger partial charge in [0.25, 0.3) is 0 Å².